The number of nitrogens with one attached hydrogen (secondary N) is 2. The van der Waals surface area contributed by atoms with E-state index < -0.39 is 45.0 Å². The van der Waals surface area contributed by atoms with Gasteiger partial charge in [0.25, 0.3) is 5.56 Å². The van der Waals surface area contributed by atoms with Gasteiger partial charge >= 0.3 is 6.18 Å². The lowest BCUT2D eigenvalue weighted by Gasteiger charge is -2.33. The summed E-state index contributed by atoms with van der Waals surface area (Å²) in [6.07, 6.45) is -3.12. The second kappa shape index (κ2) is 8.87. The molecule has 32 heavy (non-hydrogen) atoms. The molecule has 0 saturated carbocycles. The summed E-state index contributed by atoms with van der Waals surface area (Å²) in [5.41, 5.74) is -2.42. The Hall–Kier alpha value is -2.99. The van der Waals surface area contributed by atoms with Crippen LogP contribution in [0.2, 0.25) is 0 Å². The summed E-state index contributed by atoms with van der Waals surface area (Å²) in [5.74, 6) is -1.14. The molecule has 0 bridgehead atoms. The molecule has 1 saturated heterocycles. The number of nitrogens with zero attached hydrogens (tertiary/aromatic N) is 1. The first-order valence-corrected chi connectivity index (χ1v) is 11.1. The van der Waals surface area contributed by atoms with E-state index >= 15 is 0 Å². The number of aromatic nitrogens is 1. The Balaban J connectivity index is 1.89. The minimum Gasteiger partial charge on any atom is -0.327 e. The van der Waals surface area contributed by atoms with E-state index in [1.165, 1.54) is 31.2 Å². The van der Waals surface area contributed by atoms with Gasteiger partial charge in [-0.2, -0.15) is 17.5 Å². The number of anilines is 1. The fourth-order valence-electron chi connectivity index (χ4n) is 3.41. The maximum atomic E-state index is 13.1. The Morgan fingerprint density at radius 3 is 2.41 bits per heavy atom. The molecule has 2 heterocycles. The number of pyridine rings is 1. The molecule has 0 spiro atoms. The van der Waals surface area contributed by atoms with Crippen LogP contribution >= 0.6 is 0 Å². The van der Waals surface area contributed by atoms with Crippen LogP contribution in [-0.2, 0) is 21.0 Å². The molecule has 1 aromatic carbocycles. The van der Waals surface area contributed by atoms with Gasteiger partial charge in [-0.3, -0.25) is 14.4 Å². The third-order valence-electron chi connectivity index (χ3n) is 5.11. The molecule has 1 aliphatic heterocycles. The van der Waals surface area contributed by atoms with Crippen LogP contribution in [0.15, 0.2) is 46.2 Å². The largest absolute Gasteiger partial charge is 0.417 e. The Kier molecular flexibility index (Phi) is 6.56. The fraction of sp³-hybridized carbons (Fsp3) is 0.350. The molecule has 1 aliphatic rings. The van der Waals surface area contributed by atoms with Crippen molar-refractivity contribution in [2.45, 2.75) is 43.3 Å². The van der Waals surface area contributed by atoms with Gasteiger partial charge in [-0.15, -0.1) is 0 Å². The van der Waals surface area contributed by atoms with E-state index in [0.29, 0.717) is 30.7 Å². The lowest BCUT2D eigenvalue weighted by molar-refractivity contribution is -0.137. The van der Waals surface area contributed by atoms with Crippen molar-refractivity contribution in [2.24, 2.45) is 0 Å². The number of aromatic amines is 1. The van der Waals surface area contributed by atoms with E-state index in [2.05, 4.69) is 5.32 Å². The standard InChI is InChI=1S/C20H20F3N3O5S/c1-12(27)13-5-7-15(8-6-13)32(30,31)26-9-3-2-4-17(26)19(29)25-16-10-14(20(21,22)23)11-24-18(16)28/h5-8,10-11,17H,2-4,9H2,1H3,(H,24,28)(H,25,29). The average molecular weight is 471 g/mol. The monoisotopic (exact) mass is 471 g/mol. The van der Waals surface area contributed by atoms with Gasteiger partial charge in [-0.25, -0.2) is 8.42 Å². The number of halogens is 3. The normalized spacial score (nSPS) is 17.7. The number of rotatable bonds is 5. The number of alkyl halides is 3. The van der Waals surface area contributed by atoms with Crippen LogP contribution in [0, 0.1) is 0 Å². The van der Waals surface area contributed by atoms with E-state index in [4.69, 9.17) is 0 Å². The molecule has 2 N–H and O–H groups in total. The lowest BCUT2D eigenvalue weighted by atomic mass is 10.0. The SMILES string of the molecule is CC(=O)c1ccc(S(=O)(=O)N2CCCCC2C(=O)Nc2cc(C(F)(F)F)c[nH]c2=O)cc1. The number of amides is 1. The zero-order valence-corrected chi connectivity index (χ0v) is 17.7. The average Bonchev–Trinajstić information content (AvgIpc) is 2.74. The summed E-state index contributed by atoms with van der Waals surface area (Å²) in [5, 5.41) is 2.14. The van der Waals surface area contributed by atoms with Gasteiger partial charge in [0.1, 0.15) is 11.7 Å². The lowest BCUT2D eigenvalue weighted by Crippen LogP contribution is -2.50. The van der Waals surface area contributed by atoms with Crippen molar-refractivity contribution in [3.63, 3.8) is 0 Å². The number of sulfonamides is 1. The van der Waals surface area contributed by atoms with Crippen LogP contribution < -0.4 is 10.9 Å². The fourth-order valence-corrected chi connectivity index (χ4v) is 5.06. The van der Waals surface area contributed by atoms with Crippen molar-refractivity contribution in [3.8, 4) is 0 Å². The van der Waals surface area contributed by atoms with Gasteiger partial charge in [-0.05, 0) is 38.0 Å². The summed E-state index contributed by atoms with van der Waals surface area (Å²) in [7, 11) is -4.14. The quantitative estimate of drug-likeness (QED) is 0.651. The van der Waals surface area contributed by atoms with Crippen LogP contribution in [0.3, 0.4) is 0 Å². The van der Waals surface area contributed by atoms with E-state index in [0.717, 1.165) is 4.31 Å². The highest BCUT2D eigenvalue weighted by atomic mass is 32.2. The van der Waals surface area contributed by atoms with Gasteiger partial charge in [0.2, 0.25) is 15.9 Å². The van der Waals surface area contributed by atoms with Crippen molar-refractivity contribution < 1.29 is 31.2 Å². The van der Waals surface area contributed by atoms with Crippen LogP contribution in [0.25, 0.3) is 0 Å². The second-order valence-electron chi connectivity index (χ2n) is 7.33. The zero-order chi connectivity index (χ0) is 23.7. The number of piperidine rings is 1. The molecular weight excluding hydrogens is 451 g/mol. The molecule has 12 heteroatoms. The van der Waals surface area contributed by atoms with Crippen LogP contribution in [0.5, 0.6) is 0 Å². The second-order valence-corrected chi connectivity index (χ2v) is 9.22. The number of ketones is 1. The van der Waals surface area contributed by atoms with Crippen molar-refractivity contribution in [3.05, 3.63) is 58.0 Å². The minimum atomic E-state index is -4.74. The van der Waals surface area contributed by atoms with Crippen molar-refractivity contribution >= 4 is 27.4 Å². The topological polar surface area (TPSA) is 116 Å². The first-order valence-electron chi connectivity index (χ1n) is 9.65. The van der Waals surface area contributed by atoms with E-state index in [1.54, 1.807) is 0 Å². The summed E-state index contributed by atoms with van der Waals surface area (Å²) < 4.78 is 66.0. The number of hydrogen-bond donors (Lipinski definition) is 2. The third kappa shape index (κ3) is 4.91. The summed E-state index contributed by atoms with van der Waals surface area (Å²) in [6.45, 7) is 1.36. The van der Waals surface area contributed by atoms with Gasteiger partial charge in [0.15, 0.2) is 5.78 Å². The number of benzene rings is 1. The zero-order valence-electron chi connectivity index (χ0n) is 16.9. The van der Waals surface area contributed by atoms with Crippen LogP contribution in [0.1, 0.15) is 42.1 Å². The highest BCUT2D eigenvalue weighted by Crippen LogP contribution is 2.30. The van der Waals surface area contributed by atoms with Gasteiger partial charge in [0, 0.05) is 18.3 Å². The molecular formula is C20H20F3N3O5S. The number of Topliss-reactive ketones (excluding diaryl/α,β-unsaturated/α-hetero) is 1. The molecule has 8 nitrogen and oxygen atoms in total. The van der Waals surface area contributed by atoms with Gasteiger partial charge in [-0.1, -0.05) is 18.6 Å². The Labute approximate surface area is 181 Å². The van der Waals surface area contributed by atoms with Crippen molar-refractivity contribution in [2.75, 3.05) is 11.9 Å². The molecule has 1 amide bonds. The molecule has 0 aliphatic carbocycles. The molecule has 1 fully saturated rings. The highest BCUT2D eigenvalue weighted by molar-refractivity contribution is 7.89. The first-order chi connectivity index (χ1) is 14.9. The van der Waals surface area contributed by atoms with Gasteiger partial charge < -0.3 is 10.3 Å². The number of H-pyrrole nitrogens is 1. The Morgan fingerprint density at radius 1 is 1.16 bits per heavy atom. The number of carbonyl (C=O) groups excluding carboxylic acids is 2. The highest BCUT2D eigenvalue weighted by Gasteiger charge is 2.38. The smallest absolute Gasteiger partial charge is 0.327 e. The number of hydrogen-bond acceptors (Lipinski definition) is 5. The molecule has 1 aromatic heterocycles. The Bertz CT molecular complexity index is 1190. The van der Waals surface area contributed by atoms with Gasteiger partial charge in [0.05, 0.1) is 10.5 Å². The summed E-state index contributed by atoms with van der Waals surface area (Å²) in [4.78, 5) is 37.9. The predicted molar refractivity (Wildman–Crippen MR) is 109 cm³/mol. The molecule has 0 radical (unpaired) electrons. The maximum Gasteiger partial charge on any atom is 0.417 e. The molecule has 172 valence electrons. The van der Waals surface area contributed by atoms with E-state index in [-0.39, 0.29) is 23.6 Å². The van der Waals surface area contributed by atoms with E-state index in [9.17, 15) is 36.0 Å². The first kappa shape index (κ1) is 23.7. The van der Waals surface area contributed by atoms with Crippen LogP contribution in [0.4, 0.5) is 18.9 Å². The Morgan fingerprint density at radius 2 is 1.81 bits per heavy atom. The minimum absolute atomic E-state index is 0.0217. The molecule has 1 unspecified atom stereocenters. The van der Waals surface area contributed by atoms with Crippen LogP contribution in [-0.4, -0.2) is 42.0 Å². The number of carbonyl (C=O) groups is 2. The van der Waals surface area contributed by atoms with E-state index in [1.807, 2.05) is 4.98 Å². The predicted octanol–water partition coefficient (Wildman–Crippen LogP) is 2.78. The van der Waals surface area contributed by atoms with Crippen molar-refractivity contribution in [1.29, 1.82) is 0 Å². The van der Waals surface area contributed by atoms with Crippen molar-refractivity contribution in [1.82, 2.24) is 9.29 Å². The third-order valence-corrected chi connectivity index (χ3v) is 7.03. The molecule has 2 aromatic rings. The molecule has 1 atom stereocenters. The summed E-state index contributed by atoms with van der Waals surface area (Å²) in [6, 6.07) is 4.52. The summed E-state index contributed by atoms with van der Waals surface area (Å²) >= 11 is 0. The molecule has 3 rings (SSSR count). The maximum absolute atomic E-state index is 13.1.